The van der Waals surface area contributed by atoms with E-state index in [2.05, 4.69) is 10.6 Å². The van der Waals surface area contributed by atoms with Gasteiger partial charge < -0.3 is 10.6 Å². The van der Waals surface area contributed by atoms with E-state index in [9.17, 15) is 14.4 Å². The Kier molecular flexibility index (Phi) is 6.04. The molecular formula is C20H27N3O3. The Balaban J connectivity index is 1.65. The molecule has 1 saturated carbocycles. The Bertz CT molecular complexity index is 663. The van der Waals surface area contributed by atoms with Crippen LogP contribution >= 0.6 is 0 Å². The van der Waals surface area contributed by atoms with E-state index in [1.54, 1.807) is 24.3 Å². The summed E-state index contributed by atoms with van der Waals surface area (Å²) in [4.78, 5) is 37.6. The predicted octanol–water partition coefficient (Wildman–Crippen LogP) is 2.98. The zero-order valence-corrected chi connectivity index (χ0v) is 15.3. The van der Waals surface area contributed by atoms with E-state index < -0.39 is 6.04 Å². The van der Waals surface area contributed by atoms with Crippen molar-refractivity contribution in [3.63, 3.8) is 0 Å². The molecule has 1 aliphatic carbocycles. The fourth-order valence-electron chi connectivity index (χ4n) is 3.84. The summed E-state index contributed by atoms with van der Waals surface area (Å²) in [5.74, 6) is -0.510. The van der Waals surface area contributed by atoms with Crippen molar-refractivity contribution in [1.82, 2.24) is 5.32 Å². The fourth-order valence-corrected chi connectivity index (χ4v) is 3.84. The van der Waals surface area contributed by atoms with Crippen molar-refractivity contribution in [3.8, 4) is 0 Å². The number of benzene rings is 1. The highest BCUT2D eigenvalue weighted by Gasteiger charge is 2.40. The van der Waals surface area contributed by atoms with Crippen molar-refractivity contribution >= 4 is 29.1 Å². The SMILES string of the molecule is CC(=O)Nc1ccc(N2C(=O)CC(NC3CCCCCCC3)C2=O)cc1. The van der Waals surface area contributed by atoms with Gasteiger partial charge in [-0.1, -0.05) is 32.1 Å². The minimum absolute atomic E-state index is 0.158. The van der Waals surface area contributed by atoms with Gasteiger partial charge in [0.05, 0.1) is 18.2 Å². The van der Waals surface area contributed by atoms with Gasteiger partial charge in [-0.3, -0.25) is 14.4 Å². The van der Waals surface area contributed by atoms with Gasteiger partial charge in [0.25, 0.3) is 5.91 Å². The molecule has 6 heteroatoms. The first-order valence-corrected chi connectivity index (χ1v) is 9.55. The lowest BCUT2D eigenvalue weighted by molar-refractivity contribution is -0.122. The third-order valence-electron chi connectivity index (χ3n) is 5.13. The lowest BCUT2D eigenvalue weighted by Crippen LogP contribution is -2.44. The molecule has 1 atom stereocenters. The van der Waals surface area contributed by atoms with Crippen molar-refractivity contribution in [2.24, 2.45) is 0 Å². The van der Waals surface area contributed by atoms with Gasteiger partial charge in [0.15, 0.2) is 0 Å². The van der Waals surface area contributed by atoms with Crippen LogP contribution in [0.1, 0.15) is 58.3 Å². The molecule has 0 aromatic heterocycles. The normalized spacial score (nSPS) is 22.2. The van der Waals surface area contributed by atoms with Crippen LogP contribution in [0.15, 0.2) is 24.3 Å². The molecule has 26 heavy (non-hydrogen) atoms. The van der Waals surface area contributed by atoms with E-state index in [1.807, 2.05) is 0 Å². The van der Waals surface area contributed by atoms with Crippen molar-refractivity contribution in [2.75, 3.05) is 10.2 Å². The maximum absolute atomic E-state index is 12.8. The molecule has 2 fully saturated rings. The number of nitrogens with one attached hydrogen (secondary N) is 2. The molecule has 2 aliphatic rings. The first-order valence-electron chi connectivity index (χ1n) is 9.55. The maximum atomic E-state index is 12.8. The average molecular weight is 357 g/mol. The topological polar surface area (TPSA) is 78.5 Å². The molecule has 3 amide bonds. The number of nitrogens with zero attached hydrogens (tertiary/aromatic N) is 1. The molecular weight excluding hydrogens is 330 g/mol. The number of amides is 3. The lowest BCUT2D eigenvalue weighted by atomic mass is 9.96. The molecule has 1 aromatic rings. The summed E-state index contributed by atoms with van der Waals surface area (Å²) in [5, 5.41) is 6.11. The Hall–Kier alpha value is -2.21. The van der Waals surface area contributed by atoms with E-state index in [1.165, 1.54) is 43.9 Å². The van der Waals surface area contributed by atoms with Crippen LogP contribution < -0.4 is 15.5 Å². The van der Waals surface area contributed by atoms with Crippen LogP contribution in [0.4, 0.5) is 11.4 Å². The van der Waals surface area contributed by atoms with Crippen molar-refractivity contribution in [2.45, 2.75) is 70.4 Å². The Morgan fingerprint density at radius 2 is 1.62 bits per heavy atom. The van der Waals surface area contributed by atoms with Crippen LogP contribution in [-0.4, -0.2) is 29.8 Å². The second kappa shape index (κ2) is 8.45. The summed E-state index contributed by atoms with van der Waals surface area (Å²) < 4.78 is 0. The highest BCUT2D eigenvalue weighted by Crippen LogP contribution is 2.26. The lowest BCUT2D eigenvalue weighted by Gasteiger charge is -2.24. The van der Waals surface area contributed by atoms with E-state index >= 15 is 0 Å². The second-order valence-electron chi connectivity index (χ2n) is 7.26. The van der Waals surface area contributed by atoms with Crippen LogP contribution in [0.25, 0.3) is 0 Å². The number of hydrogen-bond donors (Lipinski definition) is 2. The summed E-state index contributed by atoms with van der Waals surface area (Å²) >= 11 is 0. The number of carbonyl (C=O) groups excluding carboxylic acids is 3. The van der Waals surface area contributed by atoms with Gasteiger partial charge in [-0.05, 0) is 37.1 Å². The van der Waals surface area contributed by atoms with Gasteiger partial charge in [-0.2, -0.15) is 0 Å². The summed E-state index contributed by atoms with van der Waals surface area (Å²) in [6.45, 7) is 1.44. The monoisotopic (exact) mass is 357 g/mol. The largest absolute Gasteiger partial charge is 0.326 e. The summed E-state index contributed by atoms with van der Waals surface area (Å²) in [7, 11) is 0. The number of carbonyl (C=O) groups is 3. The molecule has 3 rings (SSSR count). The third-order valence-corrected chi connectivity index (χ3v) is 5.13. The zero-order chi connectivity index (χ0) is 18.5. The number of imide groups is 1. The minimum atomic E-state index is -0.429. The Labute approximate surface area is 154 Å². The molecule has 1 heterocycles. The summed E-state index contributed by atoms with van der Waals surface area (Å²) in [6, 6.07) is 6.68. The van der Waals surface area contributed by atoms with Gasteiger partial charge in [0.1, 0.15) is 0 Å². The maximum Gasteiger partial charge on any atom is 0.251 e. The summed E-state index contributed by atoms with van der Waals surface area (Å²) in [5.41, 5.74) is 1.20. The second-order valence-corrected chi connectivity index (χ2v) is 7.26. The zero-order valence-electron chi connectivity index (χ0n) is 15.3. The molecule has 1 saturated heterocycles. The first kappa shape index (κ1) is 18.6. The van der Waals surface area contributed by atoms with Crippen LogP contribution in [-0.2, 0) is 14.4 Å². The minimum Gasteiger partial charge on any atom is -0.326 e. The van der Waals surface area contributed by atoms with Crippen LogP contribution in [0.2, 0.25) is 0 Å². The van der Waals surface area contributed by atoms with E-state index in [0.29, 0.717) is 17.4 Å². The number of hydrogen-bond acceptors (Lipinski definition) is 4. The van der Waals surface area contributed by atoms with Crippen molar-refractivity contribution in [1.29, 1.82) is 0 Å². The molecule has 1 aliphatic heterocycles. The van der Waals surface area contributed by atoms with Crippen LogP contribution in [0.3, 0.4) is 0 Å². The van der Waals surface area contributed by atoms with Gasteiger partial charge >= 0.3 is 0 Å². The molecule has 1 unspecified atom stereocenters. The quantitative estimate of drug-likeness (QED) is 0.812. The Morgan fingerprint density at radius 1 is 1.00 bits per heavy atom. The average Bonchev–Trinajstić information content (AvgIpc) is 2.84. The molecule has 140 valence electrons. The fraction of sp³-hybridized carbons (Fsp3) is 0.550. The van der Waals surface area contributed by atoms with Gasteiger partial charge in [-0.25, -0.2) is 4.90 Å². The molecule has 0 bridgehead atoms. The van der Waals surface area contributed by atoms with Gasteiger partial charge in [-0.15, -0.1) is 0 Å². The molecule has 1 aromatic carbocycles. The van der Waals surface area contributed by atoms with Gasteiger partial charge in [0, 0.05) is 18.7 Å². The number of anilines is 2. The third kappa shape index (κ3) is 4.49. The summed E-state index contributed by atoms with van der Waals surface area (Å²) in [6.07, 6.45) is 8.53. The first-order chi connectivity index (χ1) is 12.5. The van der Waals surface area contributed by atoms with E-state index in [4.69, 9.17) is 0 Å². The van der Waals surface area contributed by atoms with Gasteiger partial charge in [0.2, 0.25) is 11.8 Å². The van der Waals surface area contributed by atoms with Crippen molar-refractivity contribution < 1.29 is 14.4 Å². The highest BCUT2D eigenvalue weighted by molar-refractivity contribution is 6.22. The van der Waals surface area contributed by atoms with Crippen molar-refractivity contribution in [3.05, 3.63) is 24.3 Å². The molecule has 0 spiro atoms. The molecule has 0 radical (unpaired) electrons. The molecule has 6 nitrogen and oxygen atoms in total. The van der Waals surface area contributed by atoms with E-state index in [0.717, 1.165) is 12.8 Å². The van der Waals surface area contributed by atoms with E-state index in [-0.39, 0.29) is 24.1 Å². The highest BCUT2D eigenvalue weighted by atomic mass is 16.2. The smallest absolute Gasteiger partial charge is 0.251 e. The predicted molar refractivity (Wildman–Crippen MR) is 101 cm³/mol. The molecule has 2 N–H and O–H groups in total. The standard InChI is InChI=1S/C20H27N3O3/c1-14(24)21-16-9-11-17(12-10-16)23-19(25)13-18(20(23)26)22-15-7-5-3-2-4-6-8-15/h9-12,15,18,22H,2-8,13H2,1H3,(H,21,24). The van der Waals surface area contributed by atoms with Crippen LogP contribution in [0, 0.1) is 0 Å². The van der Waals surface area contributed by atoms with Crippen LogP contribution in [0.5, 0.6) is 0 Å². The number of rotatable bonds is 4. The Morgan fingerprint density at radius 3 is 2.23 bits per heavy atom.